The molecule has 0 atom stereocenters. The Morgan fingerprint density at radius 1 is 1.37 bits per heavy atom. The number of hydrogen-bond donors (Lipinski definition) is 2. The van der Waals surface area contributed by atoms with Gasteiger partial charge < -0.3 is 10.3 Å². The van der Waals surface area contributed by atoms with Gasteiger partial charge in [0.15, 0.2) is 0 Å². The minimum absolute atomic E-state index is 0.0981. The van der Waals surface area contributed by atoms with Crippen molar-refractivity contribution in [3.8, 4) is 11.4 Å². The van der Waals surface area contributed by atoms with Crippen molar-refractivity contribution < 1.29 is 0 Å². The van der Waals surface area contributed by atoms with Crippen LogP contribution < -0.4 is 10.9 Å². The molecule has 19 heavy (non-hydrogen) atoms. The van der Waals surface area contributed by atoms with E-state index in [4.69, 9.17) is 0 Å². The minimum atomic E-state index is -0.0981. The van der Waals surface area contributed by atoms with Crippen molar-refractivity contribution in [1.82, 2.24) is 15.3 Å². The zero-order valence-corrected chi connectivity index (χ0v) is 10.9. The zero-order chi connectivity index (χ0) is 13.2. The molecule has 0 radical (unpaired) electrons. The van der Waals surface area contributed by atoms with Crippen molar-refractivity contribution in [2.24, 2.45) is 0 Å². The van der Waals surface area contributed by atoms with Gasteiger partial charge in [-0.25, -0.2) is 4.98 Å². The lowest BCUT2D eigenvalue weighted by Crippen LogP contribution is -2.19. The number of nitrogens with one attached hydrogen (secondary N) is 2. The summed E-state index contributed by atoms with van der Waals surface area (Å²) in [6.07, 6.45) is 2.46. The molecule has 0 unspecified atom stereocenters. The minimum Gasteiger partial charge on any atom is -0.308 e. The Balaban J connectivity index is 1.89. The standard InChI is InChI=1S/C15H17N3O/c1-10-3-2-4-11(7-10)15-17-13(8-14(19)18-15)9-16-12-5-6-12/h2-4,7-8,12,16H,5-6,9H2,1H3,(H,17,18,19). The lowest BCUT2D eigenvalue weighted by molar-refractivity contribution is 0.672. The van der Waals surface area contributed by atoms with Crippen LogP contribution in [-0.4, -0.2) is 16.0 Å². The van der Waals surface area contributed by atoms with Gasteiger partial charge in [0.1, 0.15) is 5.82 Å². The normalized spacial score (nSPS) is 14.6. The van der Waals surface area contributed by atoms with Gasteiger partial charge in [-0.2, -0.15) is 0 Å². The van der Waals surface area contributed by atoms with Crippen LogP contribution in [0.4, 0.5) is 0 Å². The molecule has 1 aromatic carbocycles. The second-order valence-corrected chi connectivity index (χ2v) is 5.11. The molecule has 4 nitrogen and oxygen atoms in total. The molecule has 1 aromatic heterocycles. The Morgan fingerprint density at radius 2 is 2.21 bits per heavy atom. The van der Waals surface area contributed by atoms with Crippen molar-refractivity contribution in [2.75, 3.05) is 0 Å². The molecule has 1 fully saturated rings. The van der Waals surface area contributed by atoms with E-state index in [1.54, 1.807) is 6.07 Å². The van der Waals surface area contributed by atoms with Crippen molar-refractivity contribution in [3.63, 3.8) is 0 Å². The van der Waals surface area contributed by atoms with Crippen molar-refractivity contribution in [2.45, 2.75) is 32.4 Å². The van der Waals surface area contributed by atoms with Crippen LogP contribution in [0.5, 0.6) is 0 Å². The van der Waals surface area contributed by atoms with Gasteiger partial charge in [-0.05, 0) is 25.8 Å². The van der Waals surface area contributed by atoms with Crippen molar-refractivity contribution in [1.29, 1.82) is 0 Å². The predicted octanol–water partition coefficient (Wildman–Crippen LogP) is 2.00. The highest BCUT2D eigenvalue weighted by molar-refractivity contribution is 5.55. The number of aromatic amines is 1. The van der Waals surface area contributed by atoms with E-state index < -0.39 is 0 Å². The van der Waals surface area contributed by atoms with E-state index in [2.05, 4.69) is 15.3 Å². The highest BCUT2D eigenvalue weighted by Crippen LogP contribution is 2.19. The fourth-order valence-electron chi connectivity index (χ4n) is 2.06. The fraction of sp³-hybridized carbons (Fsp3) is 0.333. The number of nitrogens with zero attached hydrogens (tertiary/aromatic N) is 1. The topological polar surface area (TPSA) is 57.8 Å². The van der Waals surface area contributed by atoms with Gasteiger partial charge in [-0.15, -0.1) is 0 Å². The molecule has 1 saturated carbocycles. The van der Waals surface area contributed by atoms with Crippen LogP contribution in [0.25, 0.3) is 11.4 Å². The highest BCUT2D eigenvalue weighted by Gasteiger charge is 2.20. The van der Waals surface area contributed by atoms with Crippen LogP contribution in [0.1, 0.15) is 24.1 Å². The molecule has 2 N–H and O–H groups in total. The molecule has 0 bridgehead atoms. The lowest BCUT2D eigenvalue weighted by Gasteiger charge is -2.06. The van der Waals surface area contributed by atoms with E-state index in [0.29, 0.717) is 18.4 Å². The number of aromatic nitrogens is 2. The second kappa shape index (κ2) is 4.97. The molecule has 98 valence electrons. The molecule has 3 rings (SSSR count). The van der Waals surface area contributed by atoms with Gasteiger partial charge in [0.2, 0.25) is 0 Å². The van der Waals surface area contributed by atoms with Crippen LogP contribution in [0.3, 0.4) is 0 Å². The Hall–Kier alpha value is -1.94. The van der Waals surface area contributed by atoms with Gasteiger partial charge in [0.25, 0.3) is 5.56 Å². The first-order valence-electron chi connectivity index (χ1n) is 6.61. The van der Waals surface area contributed by atoms with Gasteiger partial charge in [-0.1, -0.05) is 23.8 Å². The molecule has 1 aliphatic carbocycles. The molecule has 2 aromatic rings. The van der Waals surface area contributed by atoms with E-state index >= 15 is 0 Å². The average Bonchev–Trinajstić information content (AvgIpc) is 3.20. The summed E-state index contributed by atoms with van der Waals surface area (Å²) in [6, 6.07) is 10.2. The maximum atomic E-state index is 11.7. The highest BCUT2D eigenvalue weighted by atomic mass is 16.1. The summed E-state index contributed by atoms with van der Waals surface area (Å²) < 4.78 is 0. The van der Waals surface area contributed by atoms with Crippen LogP contribution in [0.15, 0.2) is 35.1 Å². The number of hydrogen-bond acceptors (Lipinski definition) is 3. The van der Waals surface area contributed by atoms with Gasteiger partial charge in [0.05, 0.1) is 5.69 Å². The molecular formula is C15H17N3O. The molecule has 1 aliphatic rings. The molecule has 0 aliphatic heterocycles. The third-order valence-corrected chi connectivity index (χ3v) is 3.24. The van der Waals surface area contributed by atoms with E-state index in [1.807, 2.05) is 31.2 Å². The van der Waals surface area contributed by atoms with Gasteiger partial charge >= 0.3 is 0 Å². The number of aryl methyl sites for hydroxylation is 1. The first-order chi connectivity index (χ1) is 9.20. The molecule has 0 saturated heterocycles. The summed E-state index contributed by atoms with van der Waals surface area (Å²) in [6.45, 7) is 2.69. The molecular weight excluding hydrogens is 238 g/mol. The van der Waals surface area contributed by atoms with E-state index in [9.17, 15) is 4.79 Å². The summed E-state index contributed by atoms with van der Waals surface area (Å²) in [7, 11) is 0. The van der Waals surface area contributed by atoms with E-state index in [1.165, 1.54) is 12.8 Å². The maximum absolute atomic E-state index is 11.7. The summed E-state index contributed by atoms with van der Waals surface area (Å²) in [5.74, 6) is 0.642. The van der Waals surface area contributed by atoms with Crippen LogP contribution in [0, 0.1) is 6.92 Å². The summed E-state index contributed by atoms with van der Waals surface area (Å²) >= 11 is 0. The average molecular weight is 255 g/mol. The third kappa shape index (κ3) is 3.09. The van der Waals surface area contributed by atoms with Crippen molar-refractivity contribution in [3.05, 3.63) is 51.9 Å². The first kappa shape index (κ1) is 12.1. The quantitative estimate of drug-likeness (QED) is 0.878. The molecule has 0 amide bonds. The lowest BCUT2D eigenvalue weighted by atomic mass is 10.1. The number of benzene rings is 1. The molecule has 1 heterocycles. The number of rotatable bonds is 4. The SMILES string of the molecule is Cc1cccc(-c2nc(CNC3CC3)cc(=O)[nH]2)c1. The van der Waals surface area contributed by atoms with E-state index in [-0.39, 0.29) is 5.56 Å². The summed E-state index contributed by atoms with van der Waals surface area (Å²) in [5.41, 5.74) is 2.80. The van der Waals surface area contributed by atoms with Crippen LogP contribution in [0.2, 0.25) is 0 Å². The fourth-order valence-corrected chi connectivity index (χ4v) is 2.06. The Bertz CT molecular complexity index is 644. The molecule has 4 heteroatoms. The largest absolute Gasteiger partial charge is 0.308 e. The van der Waals surface area contributed by atoms with Crippen LogP contribution in [-0.2, 0) is 6.54 Å². The Morgan fingerprint density at radius 3 is 2.95 bits per heavy atom. The third-order valence-electron chi connectivity index (χ3n) is 3.24. The Labute approximate surface area is 111 Å². The van der Waals surface area contributed by atoms with Gasteiger partial charge in [0, 0.05) is 24.2 Å². The molecule has 0 spiro atoms. The first-order valence-corrected chi connectivity index (χ1v) is 6.61. The van der Waals surface area contributed by atoms with Gasteiger partial charge in [-0.3, -0.25) is 4.79 Å². The van der Waals surface area contributed by atoms with Crippen LogP contribution >= 0.6 is 0 Å². The smallest absolute Gasteiger partial charge is 0.251 e. The zero-order valence-electron chi connectivity index (χ0n) is 10.9. The summed E-state index contributed by atoms with van der Waals surface area (Å²) in [5, 5.41) is 3.37. The predicted molar refractivity (Wildman–Crippen MR) is 74.9 cm³/mol. The second-order valence-electron chi connectivity index (χ2n) is 5.11. The monoisotopic (exact) mass is 255 g/mol. The Kier molecular flexibility index (Phi) is 3.17. The number of H-pyrrole nitrogens is 1. The summed E-state index contributed by atoms with van der Waals surface area (Å²) in [4.78, 5) is 19.0. The maximum Gasteiger partial charge on any atom is 0.251 e. The van der Waals surface area contributed by atoms with Crippen molar-refractivity contribution >= 4 is 0 Å². The van der Waals surface area contributed by atoms with E-state index in [0.717, 1.165) is 16.8 Å².